The molecule has 2 aliphatic heterocycles. The van der Waals surface area contributed by atoms with Crippen LogP contribution in [0.15, 0.2) is 32.8 Å². The number of ether oxygens (including phenoxy) is 1. The van der Waals surface area contributed by atoms with Crippen molar-refractivity contribution in [1.29, 1.82) is 0 Å². The van der Waals surface area contributed by atoms with Crippen LogP contribution in [0.25, 0.3) is 17.0 Å². The van der Waals surface area contributed by atoms with Gasteiger partial charge in [-0.25, -0.2) is 14.4 Å². The number of aliphatic hydroxyl groups is 1. The second kappa shape index (κ2) is 9.42. The highest BCUT2D eigenvalue weighted by atomic mass is 79.9. The first kappa shape index (κ1) is 22.3. The van der Waals surface area contributed by atoms with E-state index < -0.39 is 6.10 Å². The van der Waals surface area contributed by atoms with Crippen molar-refractivity contribution in [2.45, 2.75) is 50.6 Å². The number of imidazole rings is 1. The Balaban J connectivity index is 1.28. The molecule has 32 heavy (non-hydrogen) atoms. The number of thiophene rings is 1. The van der Waals surface area contributed by atoms with Crippen molar-refractivity contribution >= 4 is 52.4 Å². The Kier molecular flexibility index (Phi) is 6.58. The van der Waals surface area contributed by atoms with Gasteiger partial charge in [-0.1, -0.05) is 0 Å². The zero-order chi connectivity index (χ0) is 22.2. The van der Waals surface area contributed by atoms with Gasteiger partial charge in [0.15, 0.2) is 14.7 Å². The lowest BCUT2D eigenvalue weighted by molar-refractivity contribution is -0.0290. The quantitative estimate of drug-likeness (QED) is 0.364. The van der Waals surface area contributed by atoms with Gasteiger partial charge in [0, 0.05) is 17.1 Å². The zero-order valence-corrected chi connectivity index (χ0v) is 20.6. The van der Waals surface area contributed by atoms with Crippen LogP contribution in [-0.4, -0.2) is 55.1 Å². The summed E-state index contributed by atoms with van der Waals surface area (Å²) in [6, 6.07) is 1.99. The summed E-state index contributed by atoms with van der Waals surface area (Å²) in [5.74, 6) is 0.490. The second-order valence-electron chi connectivity index (χ2n) is 7.79. The van der Waals surface area contributed by atoms with E-state index in [0.29, 0.717) is 41.2 Å². The van der Waals surface area contributed by atoms with Crippen LogP contribution in [0.5, 0.6) is 0 Å². The number of fused-ring (bicyclic) bond motifs is 2. The fourth-order valence-corrected chi connectivity index (χ4v) is 5.79. The lowest BCUT2D eigenvalue weighted by Crippen LogP contribution is -2.37. The number of hydrogen-bond acceptors (Lipinski definition) is 8. The van der Waals surface area contributed by atoms with Crippen molar-refractivity contribution in [2.24, 2.45) is 4.99 Å². The molecule has 170 valence electrons. The van der Waals surface area contributed by atoms with Gasteiger partial charge in [0.2, 0.25) is 5.78 Å². The number of halogens is 1. The number of aromatic amines is 1. The van der Waals surface area contributed by atoms with Gasteiger partial charge in [-0.3, -0.25) is 4.79 Å². The molecule has 2 fully saturated rings. The number of hydrogen-bond donors (Lipinski definition) is 2. The van der Waals surface area contributed by atoms with Gasteiger partial charge in [0.05, 0.1) is 28.7 Å². The molecule has 3 aromatic rings. The minimum atomic E-state index is -0.656. The van der Waals surface area contributed by atoms with Gasteiger partial charge in [-0.05, 0) is 53.6 Å². The lowest BCUT2D eigenvalue weighted by atomic mass is 10.0. The minimum Gasteiger partial charge on any atom is -0.388 e. The maximum absolute atomic E-state index is 13.0. The molecule has 5 rings (SSSR count). The topological polar surface area (TPSA) is 110 Å². The first-order valence-corrected chi connectivity index (χ1v) is 12.8. The van der Waals surface area contributed by atoms with Crippen LogP contribution in [0.1, 0.15) is 25.0 Å². The van der Waals surface area contributed by atoms with Crippen LogP contribution in [0.3, 0.4) is 0 Å². The first-order valence-electron chi connectivity index (χ1n) is 10.2. The Morgan fingerprint density at radius 1 is 1.53 bits per heavy atom. The molecule has 0 saturated carbocycles. The van der Waals surface area contributed by atoms with E-state index in [1.54, 1.807) is 24.5 Å². The van der Waals surface area contributed by atoms with E-state index >= 15 is 0 Å². The Hall–Kier alpha value is -1.46. The number of H-pyrrole nitrogens is 1. The molecule has 0 spiro atoms. The van der Waals surface area contributed by atoms with E-state index in [-0.39, 0.29) is 32.9 Å². The van der Waals surface area contributed by atoms with Gasteiger partial charge in [-0.15, -0.1) is 0 Å². The number of aliphatic imine (C=N–C) groups is 1. The van der Waals surface area contributed by atoms with Crippen molar-refractivity contribution in [3.63, 3.8) is 0 Å². The van der Waals surface area contributed by atoms with Gasteiger partial charge in [0.25, 0.3) is 5.56 Å². The average molecular weight is 541 g/mol. The highest BCUT2D eigenvalue weighted by Gasteiger charge is 2.46. The number of nitrogens with zero attached hydrogens (tertiary/aromatic N) is 3. The first-order chi connectivity index (χ1) is 15.5. The molecule has 2 N–H and O–H groups in total. The summed E-state index contributed by atoms with van der Waals surface area (Å²) < 4.78 is 18.8. The highest BCUT2D eigenvalue weighted by molar-refractivity contribution is 9.18. The van der Waals surface area contributed by atoms with Gasteiger partial charge < -0.3 is 23.9 Å². The Morgan fingerprint density at radius 3 is 3.19 bits per heavy atom. The summed E-state index contributed by atoms with van der Waals surface area (Å²) in [4.78, 5) is 25.3. The number of aliphatic hydroxyl groups excluding tert-OH is 1. The van der Waals surface area contributed by atoms with Gasteiger partial charge in [0.1, 0.15) is 18.3 Å². The number of aryl methyl sites for hydroxylation is 1. The molecule has 2 aliphatic rings. The fraction of sp³-hybridized carbons (Fsp3) is 0.450. The van der Waals surface area contributed by atoms with E-state index in [1.807, 2.05) is 16.8 Å². The predicted molar refractivity (Wildman–Crippen MR) is 128 cm³/mol. The second-order valence-corrected chi connectivity index (χ2v) is 10.2. The van der Waals surface area contributed by atoms with Crippen molar-refractivity contribution in [3.8, 4) is 11.3 Å². The number of nitrogens with one attached hydrogen (secondary N) is 1. The van der Waals surface area contributed by atoms with E-state index in [1.165, 1.54) is 4.40 Å². The van der Waals surface area contributed by atoms with Crippen molar-refractivity contribution in [2.75, 3.05) is 6.61 Å². The Morgan fingerprint density at radius 2 is 2.41 bits per heavy atom. The molecule has 0 radical (unpaired) electrons. The van der Waals surface area contributed by atoms with E-state index in [0.717, 1.165) is 17.7 Å². The summed E-state index contributed by atoms with van der Waals surface area (Å²) in [7, 11) is -0.0482. The zero-order valence-electron chi connectivity index (χ0n) is 17.2. The molecule has 0 amide bonds. The third-order valence-electron chi connectivity index (χ3n) is 5.63. The maximum Gasteiger partial charge on any atom is 0.285 e. The van der Waals surface area contributed by atoms with Crippen molar-refractivity contribution in [1.82, 2.24) is 14.4 Å². The predicted octanol–water partition coefficient (Wildman–Crippen LogP) is 3.71. The van der Waals surface area contributed by atoms with Crippen LogP contribution >= 0.6 is 36.3 Å². The summed E-state index contributed by atoms with van der Waals surface area (Å²) in [6.45, 7) is 2.23. The van der Waals surface area contributed by atoms with Crippen molar-refractivity contribution in [3.05, 3.63) is 39.1 Å². The standard InChI is InChI=1S/C20H22BrN4O5PS/c1-10-16(19(27)25-7-12(23-20(25)22-10)11-5-6-32-9-11)24-15(21)4-2-3-13-17(26)18-14(29-13)8-28-31-30-18/h5-7,9,13-14,17-18,26,31H,2-4,8H2,1H3,(H,22,23)/b24-15+/t13-,14?,17?,18+/m0/s1. The molecule has 12 heteroatoms. The molecular weight excluding hydrogens is 519 g/mol. The largest absolute Gasteiger partial charge is 0.388 e. The molecule has 5 heterocycles. The molecule has 3 aromatic heterocycles. The van der Waals surface area contributed by atoms with E-state index in [2.05, 4.69) is 30.9 Å². The van der Waals surface area contributed by atoms with E-state index in [4.69, 9.17) is 13.8 Å². The Bertz CT molecular complexity index is 1200. The molecule has 9 nitrogen and oxygen atoms in total. The molecule has 2 saturated heterocycles. The van der Waals surface area contributed by atoms with Crippen LogP contribution < -0.4 is 5.56 Å². The van der Waals surface area contributed by atoms with Crippen molar-refractivity contribution < 1.29 is 18.9 Å². The smallest absolute Gasteiger partial charge is 0.285 e. The molecule has 0 bridgehead atoms. The third kappa shape index (κ3) is 4.35. The average Bonchev–Trinajstić information content (AvgIpc) is 3.51. The summed E-state index contributed by atoms with van der Waals surface area (Å²) >= 11 is 5.08. The monoisotopic (exact) mass is 540 g/mol. The number of rotatable bonds is 6. The fourth-order valence-electron chi connectivity index (χ4n) is 3.98. The maximum atomic E-state index is 13.0. The Labute approximate surface area is 197 Å². The van der Waals surface area contributed by atoms with E-state index in [9.17, 15) is 9.90 Å². The summed E-state index contributed by atoms with van der Waals surface area (Å²) in [5.41, 5.74) is 2.49. The van der Waals surface area contributed by atoms with Crippen LogP contribution in [-0.2, 0) is 13.8 Å². The van der Waals surface area contributed by atoms with Crippen LogP contribution in [0, 0.1) is 6.92 Å². The molecule has 0 aromatic carbocycles. The lowest BCUT2D eigenvalue weighted by Gasteiger charge is -2.24. The normalized spacial score (nSPS) is 26.8. The third-order valence-corrected chi connectivity index (χ3v) is 7.54. The number of aromatic nitrogens is 3. The molecule has 5 atom stereocenters. The summed E-state index contributed by atoms with van der Waals surface area (Å²) in [6.07, 6.45) is 2.27. The highest BCUT2D eigenvalue weighted by Crippen LogP contribution is 2.36. The van der Waals surface area contributed by atoms with Gasteiger partial charge in [-0.2, -0.15) is 11.3 Å². The molecule has 3 unspecified atom stereocenters. The molecule has 0 aliphatic carbocycles. The van der Waals surface area contributed by atoms with Crippen LogP contribution in [0.2, 0.25) is 0 Å². The summed E-state index contributed by atoms with van der Waals surface area (Å²) in [5, 5.41) is 14.4. The minimum absolute atomic E-state index is 0.0482. The SMILES string of the molecule is Cc1nc2[nH]c(-c3ccsc3)cn2c(=O)c1/N=C(/Br)CCC[C@@H]1OC2COPO[C@H]2C1O. The van der Waals surface area contributed by atoms with Crippen LogP contribution in [0.4, 0.5) is 5.69 Å². The van der Waals surface area contributed by atoms with Gasteiger partial charge >= 0.3 is 0 Å². The molecular formula is C20H22BrN4O5PS.